The van der Waals surface area contributed by atoms with E-state index in [0.717, 1.165) is 25.9 Å². The molecule has 182 valence electrons. The van der Waals surface area contributed by atoms with E-state index >= 15 is 0 Å². The highest BCUT2D eigenvalue weighted by molar-refractivity contribution is 6.00. The summed E-state index contributed by atoms with van der Waals surface area (Å²) in [6, 6.07) is 8.99. The first-order chi connectivity index (χ1) is 16.2. The molecule has 3 rings (SSSR count). The molecular formula is C24H30N4O6. The number of hydrogen-bond donors (Lipinski definition) is 2. The standard InChI is InChI=1S/C24H30N4O6/c1-15(2)34-21-10-8-18(13-22(21)33-4)24(30)26-25-23(29)17-7-9-19(20(12-17)28(31)32)27-11-5-6-16(3)14-27/h7-10,12-13,15-16H,5-6,11,14H2,1-4H3,(H,25,29)(H,26,30). The molecule has 2 N–H and O–H groups in total. The first-order valence-electron chi connectivity index (χ1n) is 11.2. The Hall–Kier alpha value is -3.82. The van der Waals surface area contributed by atoms with Gasteiger partial charge in [0.25, 0.3) is 17.5 Å². The summed E-state index contributed by atoms with van der Waals surface area (Å²) in [6.45, 7) is 7.33. The normalized spacial score (nSPS) is 15.6. The van der Waals surface area contributed by atoms with Crippen molar-refractivity contribution < 1.29 is 24.0 Å². The topological polar surface area (TPSA) is 123 Å². The van der Waals surface area contributed by atoms with Gasteiger partial charge in [-0.05, 0) is 62.9 Å². The van der Waals surface area contributed by atoms with Gasteiger partial charge < -0.3 is 14.4 Å². The van der Waals surface area contributed by atoms with Gasteiger partial charge in [-0.3, -0.25) is 30.6 Å². The van der Waals surface area contributed by atoms with Crippen LogP contribution < -0.4 is 25.2 Å². The summed E-state index contributed by atoms with van der Waals surface area (Å²) in [4.78, 5) is 38.3. The number of nitro groups is 1. The van der Waals surface area contributed by atoms with Gasteiger partial charge in [-0.1, -0.05) is 6.92 Å². The van der Waals surface area contributed by atoms with E-state index in [4.69, 9.17) is 9.47 Å². The minimum atomic E-state index is -0.665. The molecule has 1 atom stereocenters. The van der Waals surface area contributed by atoms with E-state index in [1.54, 1.807) is 18.2 Å². The predicted molar refractivity (Wildman–Crippen MR) is 127 cm³/mol. The van der Waals surface area contributed by atoms with Crippen LogP contribution in [0.1, 0.15) is 54.3 Å². The number of carbonyl (C=O) groups excluding carboxylic acids is 2. The molecule has 1 aliphatic heterocycles. The third-order valence-corrected chi connectivity index (χ3v) is 5.51. The second kappa shape index (κ2) is 10.9. The largest absolute Gasteiger partial charge is 0.493 e. The van der Waals surface area contributed by atoms with Crippen LogP contribution in [0.3, 0.4) is 0 Å². The third-order valence-electron chi connectivity index (χ3n) is 5.51. The van der Waals surface area contributed by atoms with Crippen molar-refractivity contribution in [3.63, 3.8) is 0 Å². The fourth-order valence-corrected chi connectivity index (χ4v) is 3.90. The molecule has 0 spiro atoms. The van der Waals surface area contributed by atoms with Gasteiger partial charge in [0.05, 0.1) is 18.1 Å². The summed E-state index contributed by atoms with van der Waals surface area (Å²) in [6.07, 6.45) is 1.98. The molecule has 2 aromatic rings. The van der Waals surface area contributed by atoms with Crippen LogP contribution in [-0.4, -0.2) is 43.0 Å². The van der Waals surface area contributed by atoms with Gasteiger partial charge >= 0.3 is 0 Å². The molecule has 1 unspecified atom stereocenters. The molecule has 2 aromatic carbocycles. The summed E-state index contributed by atoms with van der Waals surface area (Å²) in [5.41, 5.74) is 5.30. The Morgan fingerprint density at radius 2 is 1.74 bits per heavy atom. The van der Waals surface area contributed by atoms with Crippen molar-refractivity contribution in [3.05, 3.63) is 57.6 Å². The SMILES string of the molecule is COc1cc(C(=O)NNC(=O)c2ccc(N3CCCC(C)C3)c([N+](=O)[O-])c2)ccc1OC(C)C. The Morgan fingerprint density at radius 1 is 1.09 bits per heavy atom. The Bertz CT molecular complexity index is 1070. The van der Waals surface area contributed by atoms with Crippen LogP contribution in [0.5, 0.6) is 11.5 Å². The smallest absolute Gasteiger partial charge is 0.293 e. The summed E-state index contributed by atoms with van der Waals surface area (Å²) < 4.78 is 10.9. The lowest BCUT2D eigenvalue weighted by atomic mass is 9.99. The Kier molecular flexibility index (Phi) is 7.93. The Balaban J connectivity index is 1.70. The number of carbonyl (C=O) groups is 2. The molecule has 0 aliphatic carbocycles. The number of methoxy groups -OCH3 is 1. The average Bonchev–Trinajstić information content (AvgIpc) is 2.81. The van der Waals surface area contributed by atoms with Crippen LogP contribution in [0.15, 0.2) is 36.4 Å². The molecule has 0 saturated carbocycles. The molecule has 0 aromatic heterocycles. The summed E-state index contributed by atoms with van der Waals surface area (Å²) in [5.74, 6) is 0.0774. The van der Waals surface area contributed by atoms with Crippen molar-refractivity contribution in [3.8, 4) is 11.5 Å². The fourth-order valence-electron chi connectivity index (χ4n) is 3.90. The van der Waals surface area contributed by atoms with Crippen molar-refractivity contribution in [2.24, 2.45) is 5.92 Å². The number of amides is 2. The number of nitrogens with zero attached hydrogens (tertiary/aromatic N) is 2. The van der Waals surface area contributed by atoms with Crippen LogP contribution in [0.2, 0.25) is 0 Å². The molecule has 1 saturated heterocycles. The highest BCUT2D eigenvalue weighted by Gasteiger charge is 2.25. The van der Waals surface area contributed by atoms with E-state index < -0.39 is 16.7 Å². The van der Waals surface area contributed by atoms with Gasteiger partial charge in [-0.15, -0.1) is 0 Å². The van der Waals surface area contributed by atoms with Crippen LogP contribution in [0.4, 0.5) is 11.4 Å². The molecule has 10 heteroatoms. The number of anilines is 1. The maximum Gasteiger partial charge on any atom is 0.293 e. The molecule has 0 bridgehead atoms. The fraction of sp³-hybridized carbons (Fsp3) is 0.417. The first-order valence-corrected chi connectivity index (χ1v) is 11.2. The number of benzene rings is 2. The molecule has 1 fully saturated rings. The molecule has 1 heterocycles. The van der Waals surface area contributed by atoms with Gasteiger partial charge in [-0.2, -0.15) is 0 Å². The molecule has 0 radical (unpaired) electrons. The maximum atomic E-state index is 12.6. The van der Waals surface area contributed by atoms with E-state index in [1.807, 2.05) is 18.7 Å². The van der Waals surface area contributed by atoms with E-state index in [1.165, 1.54) is 25.3 Å². The van der Waals surface area contributed by atoms with Crippen LogP contribution in [0, 0.1) is 16.0 Å². The van der Waals surface area contributed by atoms with Crippen LogP contribution >= 0.6 is 0 Å². The molecule has 34 heavy (non-hydrogen) atoms. The molecule has 10 nitrogen and oxygen atoms in total. The van der Waals surface area contributed by atoms with Crippen molar-refractivity contribution in [2.45, 2.75) is 39.7 Å². The zero-order valence-corrected chi connectivity index (χ0v) is 19.8. The maximum absolute atomic E-state index is 12.6. The van der Waals surface area contributed by atoms with Gasteiger partial charge in [0.15, 0.2) is 11.5 Å². The number of rotatable bonds is 7. The van der Waals surface area contributed by atoms with Gasteiger partial charge in [0.2, 0.25) is 0 Å². The number of hydrazine groups is 1. The molecule has 1 aliphatic rings. The minimum absolute atomic E-state index is 0.0679. The second-order valence-electron chi connectivity index (χ2n) is 8.59. The van der Waals surface area contributed by atoms with Gasteiger partial charge in [0, 0.05) is 30.3 Å². The number of ether oxygens (including phenoxy) is 2. The van der Waals surface area contributed by atoms with Crippen LogP contribution in [-0.2, 0) is 0 Å². The lowest BCUT2D eigenvalue weighted by molar-refractivity contribution is -0.384. The number of nitrogens with one attached hydrogen (secondary N) is 2. The van der Waals surface area contributed by atoms with Crippen molar-refractivity contribution in [1.82, 2.24) is 10.9 Å². The highest BCUT2D eigenvalue weighted by atomic mass is 16.6. The van der Waals surface area contributed by atoms with E-state index in [2.05, 4.69) is 17.8 Å². The second-order valence-corrected chi connectivity index (χ2v) is 8.59. The van der Waals surface area contributed by atoms with E-state index in [-0.39, 0.29) is 22.9 Å². The van der Waals surface area contributed by atoms with Crippen molar-refractivity contribution >= 4 is 23.2 Å². The minimum Gasteiger partial charge on any atom is -0.493 e. The molecular weight excluding hydrogens is 440 g/mol. The van der Waals surface area contributed by atoms with Crippen LogP contribution in [0.25, 0.3) is 0 Å². The predicted octanol–water partition coefficient (Wildman–Crippen LogP) is 3.70. The summed E-state index contributed by atoms with van der Waals surface area (Å²) in [5, 5.41) is 11.7. The average molecular weight is 471 g/mol. The van der Waals surface area contributed by atoms with E-state index in [0.29, 0.717) is 23.1 Å². The van der Waals surface area contributed by atoms with E-state index in [9.17, 15) is 19.7 Å². The Labute approximate surface area is 198 Å². The number of piperidine rings is 1. The lowest BCUT2D eigenvalue weighted by Crippen LogP contribution is -2.41. The van der Waals surface area contributed by atoms with Gasteiger partial charge in [-0.25, -0.2) is 0 Å². The zero-order valence-electron chi connectivity index (χ0n) is 19.8. The van der Waals surface area contributed by atoms with Crippen molar-refractivity contribution in [1.29, 1.82) is 0 Å². The van der Waals surface area contributed by atoms with Gasteiger partial charge in [0.1, 0.15) is 5.69 Å². The third kappa shape index (κ3) is 5.94. The molecule has 2 amide bonds. The monoisotopic (exact) mass is 470 g/mol. The number of hydrogen-bond acceptors (Lipinski definition) is 7. The highest BCUT2D eigenvalue weighted by Crippen LogP contribution is 2.32. The Morgan fingerprint density at radius 3 is 2.32 bits per heavy atom. The lowest BCUT2D eigenvalue weighted by Gasteiger charge is -2.32. The van der Waals surface area contributed by atoms with Crippen molar-refractivity contribution in [2.75, 3.05) is 25.1 Å². The number of nitro benzene ring substituents is 1. The summed E-state index contributed by atoms with van der Waals surface area (Å²) in [7, 11) is 1.47. The zero-order chi connectivity index (χ0) is 24.8. The summed E-state index contributed by atoms with van der Waals surface area (Å²) >= 11 is 0. The first kappa shape index (κ1) is 24.8. The quantitative estimate of drug-likeness (QED) is 0.467.